The third kappa shape index (κ3) is 5.75. The molecule has 0 amide bonds. The molecular formula is C25H31N7. The number of hydrogen-bond donors (Lipinski definition) is 2. The Labute approximate surface area is 189 Å². The van der Waals surface area contributed by atoms with E-state index < -0.39 is 0 Å². The van der Waals surface area contributed by atoms with Gasteiger partial charge in [-0.15, -0.1) is 10.2 Å². The molecule has 0 aliphatic carbocycles. The van der Waals surface area contributed by atoms with Gasteiger partial charge in [-0.25, -0.2) is 4.99 Å². The second-order valence-corrected chi connectivity index (χ2v) is 7.72. The van der Waals surface area contributed by atoms with Crippen molar-refractivity contribution < 1.29 is 0 Å². The van der Waals surface area contributed by atoms with Gasteiger partial charge in [-0.05, 0) is 29.5 Å². The standard InChI is InChI=1S/C25H31N7/c1-2-24-30-29-20-32(24)18-15-27-25(28-19-21-9-4-3-5-10-21)26-14-8-16-31-17-13-22-11-6-7-12-23(22)31/h3-7,9-13,17,20H,2,8,14-16,18-19H2,1H3,(H2,26,27,28). The first kappa shape index (κ1) is 21.6. The first-order valence-electron chi connectivity index (χ1n) is 11.3. The van der Waals surface area contributed by atoms with Crippen LogP contribution in [-0.2, 0) is 26.1 Å². The van der Waals surface area contributed by atoms with Crippen molar-refractivity contribution in [1.82, 2.24) is 30.0 Å². The van der Waals surface area contributed by atoms with E-state index >= 15 is 0 Å². The van der Waals surface area contributed by atoms with Crippen LogP contribution in [-0.4, -0.2) is 38.4 Å². The summed E-state index contributed by atoms with van der Waals surface area (Å²) < 4.78 is 4.39. The molecule has 0 atom stereocenters. The monoisotopic (exact) mass is 429 g/mol. The van der Waals surface area contributed by atoms with Gasteiger partial charge in [0.1, 0.15) is 12.2 Å². The molecule has 4 rings (SSSR count). The topological polar surface area (TPSA) is 72.1 Å². The summed E-state index contributed by atoms with van der Waals surface area (Å²) in [7, 11) is 0. The summed E-state index contributed by atoms with van der Waals surface area (Å²) in [5.74, 6) is 1.83. The van der Waals surface area contributed by atoms with Crippen LogP contribution in [0.2, 0.25) is 0 Å². The van der Waals surface area contributed by atoms with E-state index in [2.05, 4.69) is 85.6 Å². The summed E-state index contributed by atoms with van der Waals surface area (Å²) in [5.41, 5.74) is 2.48. The average Bonchev–Trinajstić information content (AvgIpc) is 3.47. The summed E-state index contributed by atoms with van der Waals surface area (Å²) in [4.78, 5) is 4.79. The van der Waals surface area contributed by atoms with Gasteiger partial charge in [0, 0.05) is 44.3 Å². The molecule has 0 radical (unpaired) electrons. The third-order valence-electron chi connectivity index (χ3n) is 5.47. The summed E-state index contributed by atoms with van der Waals surface area (Å²) in [5, 5.41) is 16.4. The van der Waals surface area contributed by atoms with Crippen LogP contribution >= 0.6 is 0 Å². The number of hydrogen-bond acceptors (Lipinski definition) is 3. The maximum atomic E-state index is 4.79. The maximum Gasteiger partial charge on any atom is 0.191 e. The average molecular weight is 430 g/mol. The summed E-state index contributed by atoms with van der Waals surface area (Å²) >= 11 is 0. The Morgan fingerprint density at radius 2 is 1.72 bits per heavy atom. The summed E-state index contributed by atoms with van der Waals surface area (Å²) in [6.07, 6.45) is 5.84. The van der Waals surface area contributed by atoms with Crippen molar-refractivity contribution >= 4 is 16.9 Å². The van der Waals surface area contributed by atoms with Crippen molar-refractivity contribution in [3.8, 4) is 0 Å². The maximum absolute atomic E-state index is 4.79. The van der Waals surface area contributed by atoms with Crippen LogP contribution in [0.4, 0.5) is 0 Å². The smallest absolute Gasteiger partial charge is 0.191 e. The molecule has 2 aromatic heterocycles. The molecule has 0 spiro atoms. The number of benzene rings is 2. The highest BCUT2D eigenvalue weighted by Gasteiger charge is 2.04. The van der Waals surface area contributed by atoms with Gasteiger partial charge >= 0.3 is 0 Å². The highest BCUT2D eigenvalue weighted by molar-refractivity contribution is 5.80. The minimum Gasteiger partial charge on any atom is -0.356 e. The SMILES string of the molecule is CCc1nncn1CCNC(=NCc1ccccc1)NCCCn1ccc2ccccc21. The van der Waals surface area contributed by atoms with Crippen molar-refractivity contribution in [3.05, 3.63) is 84.6 Å². The first-order valence-corrected chi connectivity index (χ1v) is 11.3. The van der Waals surface area contributed by atoms with Gasteiger partial charge in [-0.3, -0.25) is 0 Å². The zero-order valence-electron chi connectivity index (χ0n) is 18.6. The van der Waals surface area contributed by atoms with Crippen LogP contribution < -0.4 is 10.6 Å². The lowest BCUT2D eigenvalue weighted by Crippen LogP contribution is -2.39. The molecule has 2 heterocycles. The molecule has 0 fully saturated rings. The van der Waals surface area contributed by atoms with E-state index in [0.29, 0.717) is 6.54 Å². The molecule has 7 heteroatoms. The van der Waals surface area contributed by atoms with Gasteiger partial charge in [-0.1, -0.05) is 55.5 Å². The Morgan fingerprint density at radius 1 is 0.906 bits per heavy atom. The number of aliphatic imine (C=N–C) groups is 1. The van der Waals surface area contributed by atoms with Crippen molar-refractivity contribution in [2.45, 2.75) is 39.4 Å². The Kier molecular flexibility index (Phi) is 7.52. The van der Waals surface area contributed by atoms with Crippen LogP contribution in [0.5, 0.6) is 0 Å². The van der Waals surface area contributed by atoms with Gasteiger partial charge in [-0.2, -0.15) is 0 Å². The van der Waals surface area contributed by atoms with Crippen molar-refractivity contribution in [2.24, 2.45) is 4.99 Å². The minimum atomic E-state index is 0.644. The molecule has 0 unspecified atom stereocenters. The predicted octanol–water partition coefficient (Wildman–Crippen LogP) is 3.62. The number of aryl methyl sites for hydroxylation is 2. The van der Waals surface area contributed by atoms with Gasteiger partial charge in [0.15, 0.2) is 5.96 Å². The lowest BCUT2D eigenvalue weighted by atomic mass is 10.2. The third-order valence-corrected chi connectivity index (χ3v) is 5.47. The molecular weight excluding hydrogens is 398 g/mol. The number of para-hydroxylation sites is 1. The molecule has 166 valence electrons. The van der Waals surface area contributed by atoms with Crippen LogP contribution in [0.15, 0.2) is 78.2 Å². The molecule has 0 saturated carbocycles. The number of rotatable bonds is 10. The van der Waals surface area contributed by atoms with Gasteiger partial charge in [0.05, 0.1) is 6.54 Å². The number of nitrogens with zero attached hydrogens (tertiary/aromatic N) is 5. The highest BCUT2D eigenvalue weighted by atomic mass is 15.3. The molecule has 2 N–H and O–H groups in total. The predicted molar refractivity (Wildman–Crippen MR) is 130 cm³/mol. The second kappa shape index (κ2) is 11.1. The molecule has 32 heavy (non-hydrogen) atoms. The molecule has 4 aromatic rings. The summed E-state index contributed by atoms with van der Waals surface area (Å²) in [6.45, 7) is 6.11. The van der Waals surface area contributed by atoms with Crippen molar-refractivity contribution in [3.63, 3.8) is 0 Å². The number of guanidine groups is 1. The van der Waals surface area contributed by atoms with Gasteiger partial charge < -0.3 is 19.8 Å². The molecule has 0 aliphatic rings. The van der Waals surface area contributed by atoms with E-state index in [-0.39, 0.29) is 0 Å². The lowest BCUT2D eigenvalue weighted by Gasteiger charge is -2.14. The van der Waals surface area contributed by atoms with Crippen LogP contribution in [0.3, 0.4) is 0 Å². The number of fused-ring (bicyclic) bond motifs is 1. The molecule has 2 aromatic carbocycles. The number of nitrogens with one attached hydrogen (secondary N) is 2. The largest absolute Gasteiger partial charge is 0.356 e. The fourth-order valence-electron chi connectivity index (χ4n) is 3.75. The fourth-order valence-corrected chi connectivity index (χ4v) is 3.75. The van der Waals surface area contributed by atoms with E-state index in [1.165, 1.54) is 16.5 Å². The van der Waals surface area contributed by atoms with Crippen LogP contribution in [0.1, 0.15) is 24.7 Å². The first-order chi connectivity index (χ1) is 15.8. The molecule has 7 nitrogen and oxygen atoms in total. The Balaban J connectivity index is 1.31. The van der Waals surface area contributed by atoms with E-state index in [9.17, 15) is 0 Å². The molecule has 0 saturated heterocycles. The quantitative estimate of drug-likeness (QED) is 0.229. The second-order valence-electron chi connectivity index (χ2n) is 7.72. The van der Waals surface area contributed by atoms with Crippen LogP contribution in [0, 0.1) is 0 Å². The minimum absolute atomic E-state index is 0.644. The van der Waals surface area contributed by atoms with Gasteiger partial charge in [0.25, 0.3) is 0 Å². The van der Waals surface area contributed by atoms with Gasteiger partial charge in [0.2, 0.25) is 0 Å². The van der Waals surface area contributed by atoms with Crippen molar-refractivity contribution in [2.75, 3.05) is 13.1 Å². The van der Waals surface area contributed by atoms with E-state index in [0.717, 1.165) is 50.8 Å². The summed E-state index contributed by atoms with van der Waals surface area (Å²) in [6, 6.07) is 21.0. The van der Waals surface area contributed by atoms with Crippen LogP contribution in [0.25, 0.3) is 10.9 Å². The van der Waals surface area contributed by atoms with E-state index in [1.807, 2.05) is 18.2 Å². The van der Waals surface area contributed by atoms with E-state index in [4.69, 9.17) is 4.99 Å². The molecule has 0 bridgehead atoms. The Morgan fingerprint density at radius 3 is 2.59 bits per heavy atom. The van der Waals surface area contributed by atoms with Crippen molar-refractivity contribution in [1.29, 1.82) is 0 Å². The normalized spacial score (nSPS) is 11.7. The highest BCUT2D eigenvalue weighted by Crippen LogP contribution is 2.15. The lowest BCUT2D eigenvalue weighted by molar-refractivity contribution is 0.617. The number of aromatic nitrogens is 4. The fraction of sp³-hybridized carbons (Fsp3) is 0.320. The molecule has 0 aliphatic heterocycles. The zero-order chi connectivity index (χ0) is 22.0. The Bertz CT molecular complexity index is 1130. The zero-order valence-corrected chi connectivity index (χ0v) is 18.6. The Hall–Kier alpha value is -3.61. The van der Waals surface area contributed by atoms with E-state index in [1.54, 1.807) is 6.33 Å².